The zero-order chi connectivity index (χ0) is 7.28. The first kappa shape index (κ1) is 8.92. The molecule has 55 valence electrons. The molecule has 0 saturated carbocycles. The van der Waals surface area contributed by atoms with Gasteiger partial charge in [-0.15, -0.1) is 0 Å². The number of hydrogen-bond acceptors (Lipinski definition) is 2. The van der Waals surface area contributed by atoms with Crippen LogP contribution in [0.3, 0.4) is 0 Å². The summed E-state index contributed by atoms with van der Waals surface area (Å²) in [6.07, 6.45) is 2.80. The molecule has 9 heavy (non-hydrogen) atoms. The predicted molar refractivity (Wildman–Crippen MR) is 40.9 cm³/mol. The van der Waals surface area contributed by atoms with Crippen LogP contribution in [0.15, 0.2) is 0 Å². The fourth-order valence-corrected chi connectivity index (χ4v) is 0.816. The molecule has 2 heteroatoms. The lowest BCUT2D eigenvalue weighted by Gasteiger charge is -2.22. The molecule has 0 amide bonds. The Kier molecular flexibility index (Phi) is 4.72. The van der Waals surface area contributed by atoms with Gasteiger partial charge in [-0.2, -0.15) is 0 Å². The highest BCUT2D eigenvalue weighted by atomic mass is 15.2. The fourth-order valence-electron chi connectivity index (χ4n) is 0.816. The lowest BCUT2D eigenvalue weighted by Crippen LogP contribution is -2.37. The van der Waals surface area contributed by atoms with Gasteiger partial charge in [0.1, 0.15) is 0 Å². The van der Waals surface area contributed by atoms with Crippen molar-refractivity contribution in [2.45, 2.75) is 25.9 Å². The molecule has 0 aromatic carbocycles. The van der Waals surface area contributed by atoms with Gasteiger partial charge in [-0.1, -0.05) is 13.3 Å². The molecule has 0 aromatic rings. The summed E-state index contributed by atoms with van der Waals surface area (Å²) in [5.74, 6) is 0. The van der Waals surface area contributed by atoms with E-state index in [1.165, 1.54) is 6.42 Å². The maximum atomic E-state index is 3.63. The van der Waals surface area contributed by atoms with E-state index < -0.39 is 0 Å². The van der Waals surface area contributed by atoms with E-state index in [9.17, 15) is 0 Å². The second-order valence-electron chi connectivity index (χ2n) is 2.47. The van der Waals surface area contributed by atoms with E-state index in [1.807, 2.05) is 0 Å². The Balaban J connectivity index is 3.41. The van der Waals surface area contributed by atoms with Gasteiger partial charge in [0.15, 0.2) is 0 Å². The third kappa shape index (κ3) is 3.49. The minimum atomic E-state index is 0.440. The summed E-state index contributed by atoms with van der Waals surface area (Å²) in [6, 6.07) is 0. The largest absolute Gasteiger partial charge is 0.300 e. The summed E-state index contributed by atoms with van der Waals surface area (Å²) in [4.78, 5) is 2.14. The van der Waals surface area contributed by atoms with Crippen molar-refractivity contribution < 1.29 is 0 Å². The van der Waals surface area contributed by atoms with Crippen molar-refractivity contribution in [1.82, 2.24) is 10.2 Å². The van der Waals surface area contributed by atoms with E-state index in [-0.39, 0.29) is 0 Å². The number of nitrogens with one attached hydrogen (secondary N) is 1. The molecule has 0 heterocycles. The summed E-state index contributed by atoms with van der Waals surface area (Å²) in [6.45, 7) is 2.17. The SMILES string of the molecule is [CH2]NC(CCC)N(C)C. The topological polar surface area (TPSA) is 15.3 Å². The molecule has 0 aliphatic carbocycles. The third-order valence-corrected chi connectivity index (χ3v) is 1.42. The Bertz CT molecular complexity index is 61.9. The van der Waals surface area contributed by atoms with Gasteiger partial charge in [-0.05, 0) is 20.5 Å². The van der Waals surface area contributed by atoms with Crippen molar-refractivity contribution in [3.8, 4) is 0 Å². The molecule has 0 spiro atoms. The molecular weight excluding hydrogens is 112 g/mol. The van der Waals surface area contributed by atoms with Crippen molar-refractivity contribution in [2.24, 2.45) is 0 Å². The van der Waals surface area contributed by atoms with Gasteiger partial charge < -0.3 is 5.32 Å². The van der Waals surface area contributed by atoms with Crippen LogP contribution in [0.4, 0.5) is 0 Å². The monoisotopic (exact) mass is 129 g/mol. The lowest BCUT2D eigenvalue weighted by molar-refractivity contribution is 0.250. The Labute approximate surface area is 58.2 Å². The summed E-state index contributed by atoms with van der Waals surface area (Å²) >= 11 is 0. The van der Waals surface area contributed by atoms with Crippen LogP contribution in [0.25, 0.3) is 0 Å². The van der Waals surface area contributed by atoms with Crippen molar-refractivity contribution in [3.05, 3.63) is 7.05 Å². The molecule has 0 aromatic heterocycles. The smallest absolute Gasteiger partial charge is 0.0592 e. The summed E-state index contributed by atoms with van der Waals surface area (Å²) in [7, 11) is 7.74. The summed E-state index contributed by atoms with van der Waals surface area (Å²) in [5, 5.41) is 2.98. The zero-order valence-electron chi connectivity index (χ0n) is 6.65. The molecule has 1 N–H and O–H groups in total. The first-order chi connectivity index (χ1) is 4.22. The molecule has 0 saturated heterocycles. The summed E-state index contributed by atoms with van der Waals surface area (Å²) in [5.41, 5.74) is 0. The molecule has 0 bridgehead atoms. The number of rotatable bonds is 4. The van der Waals surface area contributed by atoms with E-state index in [0.29, 0.717) is 6.17 Å². The summed E-state index contributed by atoms with van der Waals surface area (Å²) < 4.78 is 0. The molecule has 0 aliphatic heterocycles. The van der Waals surface area contributed by atoms with Gasteiger partial charge in [0.25, 0.3) is 0 Å². The third-order valence-electron chi connectivity index (χ3n) is 1.42. The highest BCUT2D eigenvalue weighted by molar-refractivity contribution is 4.60. The van der Waals surface area contributed by atoms with Gasteiger partial charge in [-0.3, -0.25) is 4.90 Å². The molecule has 1 radical (unpaired) electrons. The zero-order valence-corrected chi connectivity index (χ0v) is 6.65. The standard InChI is InChI=1S/C7H17N2/c1-5-6-7(8-2)9(3)4/h7-8H,2,5-6H2,1,3-4H3. The van der Waals surface area contributed by atoms with E-state index in [4.69, 9.17) is 0 Å². The first-order valence-electron chi connectivity index (χ1n) is 3.41. The van der Waals surface area contributed by atoms with Crippen LogP contribution in [0.2, 0.25) is 0 Å². The van der Waals surface area contributed by atoms with Gasteiger partial charge in [0.2, 0.25) is 0 Å². The molecule has 2 nitrogen and oxygen atoms in total. The van der Waals surface area contributed by atoms with Crippen LogP contribution in [0.1, 0.15) is 19.8 Å². The number of nitrogens with zero attached hydrogens (tertiary/aromatic N) is 1. The second kappa shape index (κ2) is 4.77. The molecular formula is C7H17N2. The van der Waals surface area contributed by atoms with Gasteiger partial charge in [0, 0.05) is 7.05 Å². The minimum Gasteiger partial charge on any atom is -0.300 e. The maximum absolute atomic E-state index is 3.63. The molecule has 0 fully saturated rings. The van der Waals surface area contributed by atoms with E-state index in [2.05, 4.69) is 38.3 Å². The Hall–Kier alpha value is -0.0800. The molecule has 0 aliphatic rings. The van der Waals surface area contributed by atoms with Crippen molar-refractivity contribution in [2.75, 3.05) is 14.1 Å². The first-order valence-corrected chi connectivity index (χ1v) is 3.41. The van der Waals surface area contributed by atoms with E-state index >= 15 is 0 Å². The van der Waals surface area contributed by atoms with Crippen LogP contribution in [-0.2, 0) is 0 Å². The van der Waals surface area contributed by atoms with Gasteiger partial charge in [-0.25, -0.2) is 0 Å². The molecule has 0 rings (SSSR count). The Morgan fingerprint density at radius 3 is 2.22 bits per heavy atom. The van der Waals surface area contributed by atoms with E-state index in [0.717, 1.165) is 6.42 Å². The Morgan fingerprint density at radius 2 is 2.11 bits per heavy atom. The normalized spacial score (nSPS) is 14.3. The predicted octanol–water partition coefficient (Wildman–Crippen LogP) is 1.06. The van der Waals surface area contributed by atoms with Crippen LogP contribution < -0.4 is 5.32 Å². The van der Waals surface area contributed by atoms with Gasteiger partial charge in [0.05, 0.1) is 6.17 Å². The quantitative estimate of drug-likeness (QED) is 0.571. The highest BCUT2D eigenvalue weighted by Crippen LogP contribution is 1.97. The van der Waals surface area contributed by atoms with Crippen molar-refractivity contribution >= 4 is 0 Å². The van der Waals surface area contributed by atoms with E-state index in [1.54, 1.807) is 0 Å². The van der Waals surface area contributed by atoms with Gasteiger partial charge >= 0.3 is 0 Å². The Morgan fingerprint density at radius 1 is 1.56 bits per heavy atom. The van der Waals surface area contributed by atoms with Crippen LogP contribution in [0.5, 0.6) is 0 Å². The number of hydrogen-bond donors (Lipinski definition) is 1. The average Bonchev–Trinajstić information content (AvgIpc) is 1.82. The van der Waals surface area contributed by atoms with Crippen LogP contribution in [0, 0.1) is 7.05 Å². The fraction of sp³-hybridized carbons (Fsp3) is 0.857. The average molecular weight is 129 g/mol. The minimum absolute atomic E-state index is 0.440. The second-order valence-corrected chi connectivity index (χ2v) is 2.47. The molecule has 1 atom stereocenters. The van der Waals surface area contributed by atoms with Crippen molar-refractivity contribution in [3.63, 3.8) is 0 Å². The lowest BCUT2D eigenvalue weighted by atomic mass is 10.2. The van der Waals surface area contributed by atoms with Crippen LogP contribution in [-0.4, -0.2) is 25.2 Å². The molecule has 1 unspecified atom stereocenters. The maximum Gasteiger partial charge on any atom is 0.0592 e. The van der Waals surface area contributed by atoms with Crippen LogP contribution >= 0.6 is 0 Å². The highest BCUT2D eigenvalue weighted by Gasteiger charge is 2.04. The van der Waals surface area contributed by atoms with Crippen molar-refractivity contribution in [1.29, 1.82) is 0 Å².